The average molecular weight is 345 g/mol. The first kappa shape index (κ1) is 16.8. The van der Waals surface area contributed by atoms with Crippen LogP contribution < -0.4 is 10.6 Å². The van der Waals surface area contributed by atoms with E-state index in [0.29, 0.717) is 5.76 Å². The Labute approximate surface area is 147 Å². The molecule has 0 unspecified atom stereocenters. The summed E-state index contributed by atoms with van der Waals surface area (Å²) in [7, 11) is 0. The summed E-state index contributed by atoms with van der Waals surface area (Å²) in [5, 5.41) is 9.58. The molecule has 2 N–H and O–H groups in total. The highest BCUT2D eigenvalue weighted by Gasteiger charge is 2.22. The van der Waals surface area contributed by atoms with Crippen LogP contribution in [0, 0.1) is 6.92 Å². The van der Waals surface area contributed by atoms with Crippen molar-refractivity contribution >= 4 is 40.1 Å². The first-order chi connectivity index (χ1) is 11.2. The maximum absolute atomic E-state index is 12.6. The fourth-order valence-electron chi connectivity index (χ4n) is 3.39. The SMILES string of the molecule is Cc1c(C(=O)N[C@H]2CCCNC2)oc2c1ccc1ccccc12.Cl. The number of fused-ring (bicyclic) bond motifs is 3. The maximum atomic E-state index is 12.6. The van der Waals surface area contributed by atoms with E-state index in [-0.39, 0.29) is 24.4 Å². The number of aryl methyl sites for hydroxylation is 1. The molecule has 4 rings (SSSR count). The number of nitrogens with one attached hydrogen (secondary N) is 2. The van der Waals surface area contributed by atoms with Crippen LogP contribution in [0.4, 0.5) is 0 Å². The van der Waals surface area contributed by atoms with Gasteiger partial charge in [-0.05, 0) is 31.7 Å². The van der Waals surface area contributed by atoms with Gasteiger partial charge >= 0.3 is 0 Å². The van der Waals surface area contributed by atoms with Crippen molar-refractivity contribution in [2.45, 2.75) is 25.8 Å². The minimum atomic E-state index is -0.114. The summed E-state index contributed by atoms with van der Waals surface area (Å²) >= 11 is 0. The predicted molar refractivity (Wildman–Crippen MR) is 99.1 cm³/mol. The van der Waals surface area contributed by atoms with Crippen molar-refractivity contribution < 1.29 is 9.21 Å². The van der Waals surface area contributed by atoms with Crippen LogP contribution in [0.15, 0.2) is 40.8 Å². The molecule has 4 nitrogen and oxygen atoms in total. The van der Waals surface area contributed by atoms with Gasteiger partial charge in [-0.25, -0.2) is 0 Å². The van der Waals surface area contributed by atoms with Crippen molar-refractivity contribution in [1.29, 1.82) is 0 Å². The van der Waals surface area contributed by atoms with Gasteiger partial charge in [0, 0.05) is 28.9 Å². The molecular formula is C19H21ClN2O2. The Balaban J connectivity index is 0.00000169. The molecule has 5 heteroatoms. The summed E-state index contributed by atoms with van der Waals surface area (Å²) in [5.41, 5.74) is 1.71. The average Bonchev–Trinajstić information content (AvgIpc) is 2.93. The van der Waals surface area contributed by atoms with E-state index in [1.165, 1.54) is 0 Å². The Kier molecular flexibility index (Phi) is 4.78. The number of carbonyl (C=O) groups is 1. The van der Waals surface area contributed by atoms with Gasteiger partial charge in [-0.15, -0.1) is 12.4 Å². The number of amides is 1. The number of hydrogen-bond donors (Lipinski definition) is 2. The van der Waals surface area contributed by atoms with E-state index in [0.717, 1.165) is 53.2 Å². The number of carbonyl (C=O) groups excluding carboxylic acids is 1. The molecule has 0 saturated carbocycles. The highest BCUT2D eigenvalue weighted by Crippen LogP contribution is 2.31. The second-order valence-corrected chi connectivity index (χ2v) is 6.24. The molecule has 0 radical (unpaired) electrons. The van der Waals surface area contributed by atoms with Crippen molar-refractivity contribution in [2.24, 2.45) is 0 Å². The smallest absolute Gasteiger partial charge is 0.287 e. The van der Waals surface area contributed by atoms with Crippen LogP contribution in [0.1, 0.15) is 29.0 Å². The van der Waals surface area contributed by atoms with Crippen LogP contribution in [0.25, 0.3) is 21.7 Å². The molecule has 2 aromatic carbocycles. The van der Waals surface area contributed by atoms with Gasteiger partial charge in [-0.2, -0.15) is 0 Å². The highest BCUT2D eigenvalue weighted by atomic mass is 35.5. The van der Waals surface area contributed by atoms with Gasteiger partial charge in [0.05, 0.1) is 0 Å². The molecule has 0 spiro atoms. The zero-order chi connectivity index (χ0) is 15.8. The lowest BCUT2D eigenvalue weighted by atomic mass is 10.1. The Morgan fingerprint density at radius 3 is 2.83 bits per heavy atom. The Morgan fingerprint density at radius 1 is 1.21 bits per heavy atom. The monoisotopic (exact) mass is 344 g/mol. The largest absolute Gasteiger partial charge is 0.450 e. The van der Waals surface area contributed by atoms with Crippen LogP contribution >= 0.6 is 12.4 Å². The third kappa shape index (κ3) is 2.87. The van der Waals surface area contributed by atoms with Gasteiger partial charge < -0.3 is 15.1 Å². The van der Waals surface area contributed by atoms with E-state index in [1.54, 1.807) is 0 Å². The van der Waals surface area contributed by atoms with E-state index in [1.807, 2.05) is 31.2 Å². The molecule has 1 aromatic heterocycles. The lowest BCUT2D eigenvalue weighted by Crippen LogP contribution is -2.45. The summed E-state index contributed by atoms with van der Waals surface area (Å²) < 4.78 is 5.98. The number of halogens is 1. The van der Waals surface area contributed by atoms with E-state index >= 15 is 0 Å². The molecular weight excluding hydrogens is 324 g/mol. The van der Waals surface area contributed by atoms with Gasteiger partial charge in [0.25, 0.3) is 5.91 Å². The number of piperidine rings is 1. The molecule has 24 heavy (non-hydrogen) atoms. The molecule has 1 saturated heterocycles. The highest BCUT2D eigenvalue weighted by molar-refractivity contribution is 6.08. The van der Waals surface area contributed by atoms with Crippen molar-refractivity contribution in [1.82, 2.24) is 10.6 Å². The molecule has 1 aliphatic heterocycles. The third-order valence-corrected chi connectivity index (χ3v) is 4.67. The number of rotatable bonds is 2. The van der Waals surface area contributed by atoms with Gasteiger partial charge in [0.2, 0.25) is 0 Å². The quantitative estimate of drug-likeness (QED) is 0.743. The van der Waals surface area contributed by atoms with Crippen LogP contribution in [-0.2, 0) is 0 Å². The van der Waals surface area contributed by atoms with Gasteiger partial charge in [0.15, 0.2) is 5.76 Å². The third-order valence-electron chi connectivity index (χ3n) is 4.67. The van der Waals surface area contributed by atoms with Crippen molar-refractivity contribution in [3.8, 4) is 0 Å². The number of furan rings is 1. The molecule has 1 atom stereocenters. The normalized spacial score (nSPS) is 17.6. The van der Waals surface area contributed by atoms with E-state index in [9.17, 15) is 4.79 Å². The summed E-state index contributed by atoms with van der Waals surface area (Å²) in [5.74, 6) is 0.318. The van der Waals surface area contributed by atoms with Crippen LogP contribution in [0.3, 0.4) is 0 Å². The fourth-order valence-corrected chi connectivity index (χ4v) is 3.39. The first-order valence-electron chi connectivity index (χ1n) is 8.16. The van der Waals surface area contributed by atoms with E-state index < -0.39 is 0 Å². The van der Waals surface area contributed by atoms with Crippen LogP contribution in [0.5, 0.6) is 0 Å². The molecule has 1 amide bonds. The zero-order valence-corrected chi connectivity index (χ0v) is 14.4. The van der Waals surface area contributed by atoms with Gasteiger partial charge in [-0.3, -0.25) is 4.79 Å². The molecule has 1 fully saturated rings. The number of benzene rings is 2. The molecule has 0 aliphatic carbocycles. The molecule has 2 heterocycles. The first-order valence-corrected chi connectivity index (χ1v) is 8.16. The molecule has 1 aliphatic rings. The maximum Gasteiger partial charge on any atom is 0.287 e. The van der Waals surface area contributed by atoms with E-state index in [4.69, 9.17) is 4.42 Å². The van der Waals surface area contributed by atoms with E-state index in [2.05, 4.69) is 22.8 Å². The van der Waals surface area contributed by atoms with Gasteiger partial charge in [-0.1, -0.05) is 36.4 Å². The van der Waals surface area contributed by atoms with Crippen molar-refractivity contribution in [2.75, 3.05) is 13.1 Å². The van der Waals surface area contributed by atoms with Crippen LogP contribution in [-0.4, -0.2) is 25.0 Å². The second kappa shape index (κ2) is 6.83. The minimum absolute atomic E-state index is 0. The second-order valence-electron chi connectivity index (χ2n) is 6.24. The van der Waals surface area contributed by atoms with Gasteiger partial charge in [0.1, 0.15) is 5.58 Å². The predicted octanol–water partition coefficient (Wildman–Crippen LogP) is 3.80. The summed E-state index contributed by atoms with van der Waals surface area (Å²) in [6, 6.07) is 12.4. The standard InChI is InChI=1S/C19H20N2O2.ClH/c1-12-15-9-8-13-5-2-3-7-16(13)18(15)23-17(12)19(22)21-14-6-4-10-20-11-14;/h2-3,5,7-9,14,20H,4,6,10-11H2,1H3,(H,21,22);1H/t14-;/m0./s1. The minimum Gasteiger partial charge on any atom is -0.450 e. The van der Waals surface area contributed by atoms with Crippen molar-refractivity contribution in [3.63, 3.8) is 0 Å². The Hall–Kier alpha value is -2.04. The lowest BCUT2D eigenvalue weighted by Gasteiger charge is -2.23. The zero-order valence-electron chi connectivity index (χ0n) is 13.6. The topological polar surface area (TPSA) is 54.3 Å². The van der Waals surface area contributed by atoms with Crippen molar-refractivity contribution in [3.05, 3.63) is 47.7 Å². The molecule has 3 aromatic rings. The summed E-state index contributed by atoms with van der Waals surface area (Å²) in [6.07, 6.45) is 2.11. The molecule has 0 bridgehead atoms. The summed E-state index contributed by atoms with van der Waals surface area (Å²) in [4.78, 5) is 12.6. The Morgan fingerprint density at radius 2 is 2.04 bits per heavy atom. The Bertz CT molecular complexity index is 882. The molecule has 126 valence electrons. The lowest BCUT2D eigenvalue weighted by molar-refractivity contribution is 0.0904. The fraction of sp³-hybridized carbons (Fsp3) is 0.316. The number of hydrogen-bond acceptors (Lipinski definition) is 3. The van der Waals surface area contributed by atoms with Crippen LogP contribution in [0.2, 0.25) is 0 Å². The summed E-state index contributed by atoms with van der Waals surface area (Å²) in [6.45, 7) is 3.81.